The van der Waals surface area contributed by atoms with Gasteiger partial charge in [-0.15, -0.1) is 0 Å². The third kappa shape index (κ3) is 2.47. The molecule has 1 aliphatic rings. The minimum Gasteiger partial charge on any atom is -0.497 e. The summed E-state index contributed by atoms with van der Waals surface area (Å²) in [5.74, 6) is 4.39. The van der Waals surface area contributed by atoms with Crippen LogP contribution in [0.4, 0.5) is 0 Å². The fourth-order valence-corrected chi connectivity index (χ4v) is 3.84. The maximum atomic E-state index is 5.27. The van der Waals surface area contributed by atoms with Crippen molar-refractivity contribution in [2.24, 2.45) is 11.8 Å². The van der Waals surface area contributed by atoms with Crippen LogP contribution in [-0.2, 0) is 0 Å². The zero-order valence-corrected chi connectivity index (χ0v) is 13.7. The van der Waals surface area contributed by atoms with Gasteiger partial charge in [-0.05, 0) is 59.1 Å². The van der Waals surface area contributed by atoms with Crippen LogP contribution in [0.25, 0.3) is 0 Å². The van der Waals surface area contributed by atoms with E-state index in [4.69, 9.17) is 9.47 Å². The van der Waals surface area contributed by atoms with Gasteiger partial charge >= 0.3 is 0 Å². The van der Waals surface area contributed by atoms with Gasteiger partial charge in [-0.2, -0.15) is 0 Å². The van der Waals surface area contributed by atoms with Gasteiger partial charge in [0.1, 0.15) is 11.5 Å². The Morgan fingerprint density at radius 1 is 0.591 bits per heavy atom. The van der Waals surface area contributed by atoms with Gasteiger partial charge in [-0.1, -0.05) is 38.1 Å². The molecule has 22 heavy (non-hydrogen) atoms. The van der Waals surface area contributed by atoms with Gasteiger partial charge in [-0.25, -0.2) is 0 Å². The molecule has 4 atom stereocenters. The van der Waals surface area contributed by atoms with Crippen LogP contribution >= 0.6 is 0 Å². The smallest absolute Gasteiger partial charge is 0.118 e. The summed E-state index contributed by atoms with van der Waals surface area (Å²) in [7, 11) is 3.42. The summed E-state index contributed by atoms with van der Waals surface area (Å²) in [4.78, 5) is 0. The number of benzene rings is 2. The number of hydrogen-bond acceptors (Lipinski definition) is 2. The maximum Gasteiger partial charge on any atom is 0.118 e. The van der Waals surface area contributed by atoms with E-state index in [9.17, 15) is 0 Å². The summed E-state index contributed by atoms with van der Waals surface area (Å²) in [6.07, 6.45) is 0. The van der Waals surface area contributed by atoms with Gasteiger partial charge in [0.25, 0.3) is 0 Å². The highest BCUT2D eigenvalue weighted by atomic mass is 16.5. The molecule has 0 spiro atoms. The van der Waals surface area contributed by atoms with E-state index in [1.165, 1.54) is 11.1 Å². The molecule has 1 fully saturated rings. The summed E-state index contributed by atoms with van der Waals surface area (Å²) in [5.41, 5.74) is 2.82. The molecule has 0 aliphatic heterocycles. The fourth-order valence-electron chi connectivity index (χ4n) is 3.84. The molecule has 1 aliphatic carbocycles. The summed E-state index contributed by atoms with van der Waals surface area (Å²) in [6, 6.07) is 17.1. The summed E-state index contributed by atoms with van der Waals surface area (Å²) < 4.78 is 10.5. The summed E-state index contributed by atoms with van der Waals surface area (Å²) >= 11 is 0. The predicted molar refractivity (Wildman–Crippen MR) is 89.8 cm³/mol. The van der Waals surface area contributed by atoms with Gasteiger partial charge < -0.3 is 9.47 Å². The summed E-state index contributed by atoms with van der Waals surface area (Å²) in [5, 5.41) is 0. The van der Waals surface area contributed by atoms with Crippen molar-refractivity contribution in [2.45, 2.75) is 25.7 Å². The molecule has 0 bridgehead atoms. The highest BCUT2D eigenvalue weighted by Gasteiger charge is 2.46. The minimum absolute atomic E-state index is 0.578. The molecule has 0 aromatic heterocycles. The first-order valence-corrected chi connectivity index (χ1v) is 7.93. The third-order valence-electron chi connectivity index (χ3n) is 5.35. The molecule has 116 valence electrons. The molecule has 0 heterocycles. The second-order valence-corrected chi connectivity index (χ2v) is 6.32. The minimum atomic E-state index is 0.578. The van der Waals surface area contributed by atoms with Crippen molar-refractivity contribution >= 4 is 0 Å². The first-order chi connectivity index (χ1) is 10.7. The Balaban J connectivity index is 1.88. The second kappa shape index (κ2) is 6.04. The fraction of sp³-hybridized carbons (Fsp3) is 0.400. The van der Waals surface area contributed by atoms with Gasteiger partial charge in [0.05, 0.1) is 14.2 Å². The van der Waals surface area contributed by atoms with Crippen molar-refractivity contribution in [3.05, 3.63) is 59.7 Å². The highest BCUT2D eigenvalue weighted by molar-refractivity contribution is 5.39. The molecular weight excluding hydrogens is 272 g/mol. The molecule has 0 saturated heterocycles. The number of rotatable bonds is 4. The zero-order valence-electron chi connectivity index (χ0n) is 13.7. The van der Waals surface area contributed by atoms with Crippen LogP contribution in [0.2, 0.25) is 0 Å². The number of ether oxygens (including phenoxy) is 2. The lowest BCUT2D eigenvalue weighted by molar-refractivity contribution is 0.122. The van der Waals surface area contributed by atoms with E-state index in [1.54, 1.807) is 14.2 Å². The maximum absolute atomic E-state index is 5.27. The van der Waals surface area contributed by atoms with Gasteiger partial charge in [0.15, 0.2) is 0 Å². The number of methoxy groups -OCH3 is 2. The van der Waals surface area contributed by atoms with Crippen molar-refractivity contribution in [3.63, 3.8) is 0 Å². The van der Waals surface area contributed by atoms with E-state index in [0.717, 1.165) is 11.5 Å². The third-order valence-corrected chi connectivity index (χ3v) is 5.35. The molecule has 0 N–H and O–H groups in total. The monoisotopic (exact) mass is 296 g/mol. The van der Waals surface area contributed by atoms with Gasteiger partial charge in [0, 0.05) is 0 Å². The number of hydrogen-bond donors (Lipinski definition) is 0. The molecule has 0 radical (unpaired) electrons. The van der Waals surface area contributed by atoms with Gasteiger partial charge in [-0.3, -0.25) is 0 Å². The molecule has 2 heteroatoms. The Hall–Kier alpha value is -1.96. The molecular formula is C20H24O2. The van der Waals surface area contributed by atoms with Crippen LogP contribution in [0.1, 0.15) is 36.8 Å². The van der Waals surface area contributed by atoms with E-state index in [0.29, 0.717) is 23.7 Å². The quantitative estimate of drug-likeness (QED) is 0.802. The van der Waals surface area contributed by atoms with E-state index in [-0.39, 0.29) is 0 Å². The highest BCUT2D eigenvalue weighted by Crippen LogP contribution is 2.57. The summed E-state index contributed by atoms with van der Waals surface area (Å²) in [6.45, 7) is 4.72. The Morgan fingerprint density at radius 3 is 1.18 bits per heavy atom. The largest absolute Gasteiger partial charge is 0.497 e. The average molecular weight is 296 g/mol. The van der Waals surface area contributed by atoms with E-state index in [2.05, 4.69) is 62.4 Å². The lowest BCUT2D eigenvalue weighted by atomic mass is 9.54. The molecule has 2 aromatic rings. The van der Waals surface area contributed by atoms with Crippen molar-refractivity contribution < 1.29 is 9.47 Å². The van der Waals surface area contributed by atoms with E-state index < -0.39 is 0 Å². The average Bonchev–Trinajstić information content (AvgIpc) is 2.59. The molecule has 0 amide bonds. The Labute approximate surface area is 133 Å². The SMILES string of the molecule is COc1ccc([C@@H]2[C@@H](C)[C@@H](C)[C@@H]2c2ccc(OC)cc2)cc1. The second-order valence-electron chi connectivity index (χ2n) is 6.32. The van der Waals surface area contributed by atoms with Crippen LogP contribution in [0.15, 0.2) is 48.5 Å². The Bertz CT molecular complexity index is 558. The van der Waals surface area contributed by atoms with Crippen LogP contribution in [0.3, 0.4) is 0 Å². The molecule has 2 nitrogen and oxygen atoms in total. The van der Waals surface area contributed by atoms with Crippen molar-refractivity contribution in [2.75, 3.05) is 14.2 Å². The topological polar surface area (TPSA) is 18.5 Å². The Morgan fingerprint density at radius 2 is 0.909 bits per heavy atom. The van der Waals surface area contributed by atoms with E-state index >= 15 is 0 Å². The van der Waals surface area contributed by atoms with Gasteiger partial charge in [0.2, 0.25) is 0 Å². The van der Waals surface area contributed by atoms with Crippen molar-refractivity contribution in [1.82, 2.24) is 0 Å². The van der Waals surface area contributed by atoms with Crippen molar-refractivity contribution in [3.8, 4) is 11.5 Å². The first-order valence-electron chi connectivity index (χ1n) is 7.93. The van der Waals surface area contributed by atoms with E-state index in [1.807, 2.05) is 0 Å². The van der Waals surface area contributed by atoms with Crippen LogP contribution < -0.4 is 9.47 Å². The van der Waals surface area contributed by atoms with Crippen LogP contribution in [0, 0.1) is 11.8 Å². The van der Waals surface area contributed by atoms with Crippen molar-refractivity contribution in [1.29, 1.82) is 0 Å². The normalized spacial score (nSPS) is 27.1. The lowest BCUT2D eigenvalue weighted by Crippen LogP contribution is -2.39. The molecule has 2 aromatic carbocycles. The van der Waals surface area contributed by atoms with Crippen LogP contribution in [-0.4, -0.2) is 14.2 Å². The zero-order chi connectivity index (χ0) is 15.7. The lowest BCUT2D eigenvalue weighted by Gasteiger charge is -2.50. The predicted octanol–water partition coefficient (Wildman–Crippen LogP) is 4.86. The standard InChI is InChI=1S/C20H24O2/c1-13-14(2)20(16-7-11-18(22-4)12-8-16)19(13)15-5-9-17(21-3)10-6-15/h5-14,19-20H,1-4H3/t13-,14+,19-,20+. The van der Waals surface area contributed by atoms with Crippen LogP contribution in [0.5, 0.6) is 11.5 Å². The Kier molecular flexibility index (Phi) is 4.10. The first kappa shape index (κ1) is 15.0. The molecule has 0 unspecified atom stereocenters. The molecule has 3 rings (SSSR count). The molecule has 1 saturated carbocycles.